The number of hydrogen-bond acceptors (Lipinski definition) is 4. The van der Waals surface area contributed by atoms with Crippen molar-refractivity contribution >= 4 is 12.4 Å². The molecule has 0 bridgehead atoms. The molecule has 5 nitrogen and oxygen atoms in total. The number of aldehydes is 1. The Morgan fingerprint density at radius 3 is 1.94 bits per heavy atom. The SMILES string of the molecule is CC(C)(C)OC(=O)N(CC=O)OC(C)(C)C. The van der Waals surface area contributed by atoms with Crippen molar-refractivity contribution in [2.75, 3.05) is 6.54 Å². The Kier molecular flexibility index (Phi) is 4.93. The third-order valence-electron chi connectivity index (χ3n) is 1.22. The zero-order valence-corrected chi connectivity index (χ0v) is 10.9. The Labute approximate surface area is 96.7 Å². The summed E-state index contributed by atoms with van der Waals surface area (Å²) in [5.41, 5.74) is -1.17. The van der Waals surface area contributed by atoms with Gasteiger partial charge in [-0.05, 0) is 41.5 Å². The molecule has 0 spiro atoms. The normalized spacial score (nSPS) is 12.1. The first-order chi connectivity index (χ1) is 7.05. The quantitative estimate of drug-likeness (QED) is 0.551. The van der Waals surface area contributed by atoms with Gasteiger partial charge in [-0.1, -0.05) is 0 Å². The van der Waals surface area contributed by atoms with Crippen LogP contribution in [0.15, 0.2) is 0 Å². The van der Waals surface area contributed by atoms with Gasteiger partial charge in [-0.25, -0.2) is 4.79 Å². The molecule has 0 saturated heterocycles. The third-order valence-corrected chi connectivity index (χ3v) is 1.22. The molecule has 5 heteroatoms. The summed E-state index contributed by atoms with van der Waals surface area (Å²) in [5, 5.41) is 0.929. The summed E-state index contributed by atoms with van der Waals surface area (Å²) >= 11 is 0. The van der Waals surface area contributed by atoms with E-state index in [9.17, 15) is 9.59 Å². The maximum atomic E-state index is 11.6. The molecule has 94 valence electrons. The van der Waals surface area contributed by atoms with Crippen LogP contribution in [0.4, 0.5) is 4.79 Å². The molecule has 0 fully saturated rings. The lowest BCUT2D eigenvalue weighted by Crippen LogP contribution is -2.42. The van der Waals surface area contributed by atoms with Crippen molar-refractivity contribution in [3.05, 3.63) is 0 Å². The van der Waals surface area contributed by atoms with Gasteiger partial charge in [-0.15, -0.1) is 0 Å². The highest BCUT2D eigenvalue weighted by Gasteiger charge is 2.26. The van der Waals surface area contributed by atoms with Crippen LogP contribution in [-0.2, 0) is 14.4 Å². The molecule has 0 atom stereocenters. The van der Waals surface area contributed by atoms with Crippen LogP contribution in [0.3, 0.4) is 0 Å². The van der Waals surface area contributed by atoms with Crippen molar-refractivity contribution < 1.29 is 19.2 Å². The minimum Gasteiger partial charge on any atom is -0.442 e. The number of carbonyl (C=O) groups excluding carboxylic acids is 2. The minimum atomic E-state index is -0.658. The minimum absolute atomic E-state index is 0.147. The molecule has 0 aromatic rings. The van der Waals surface area contributed by atoms with E-state index < -0.39 is 17.3 Å². The van der Waals surface area contributed by atoms with E-state index in [0.717, 1.165) is 5.06 Å². The lowest BCUT2D eigenvalue weighted by atomic mass is 10.2. The van der Waals surface area contributed by atoms with Crippen LogP contribution in [0.2, 0.25) is 0 Å². The second-order valence-corrected chi connectivity index (χ2v) is 5.41. The molecule has 16 heavy (non-hydrogen) atoms. The van der Waals surface area contributed by atoms with Gasteiger partial charge in [0, 0.05) is 0 Å². The highest BCUT2D eigenvalue weighted by molar-refractivity contribution is 5.70. The van der Waals surface area contributed by atoms with Crippen LogP contribution in [0.5, 0.6) is 0 Å². The van der Waals surface area contributed by atoms with Gasteiger partial charge in [0.2, 0.25) is 0 Å². The van der Waals surface area contributed by atoms with E-state index in [1.165, 1.54) is 0 Å². The van der Waals surface area contributed by atoms with Crippen LogP contribution < -0.4 is 0 Å². The molecular weight excluding hydrogens is 210 g/mol. The molecule has 0 aliphatic heterocycles. The second-order valence-electron chi connectivity index (χ2n) is 5.41. The van der Waals surface area contributed by atoms with E-state index in [2.05, 4.69) is 0 Å². The van der Waals surface area contributed by atoms with Gasteiger partial charge >= 0.3 is 6.09 Å². The molecule has 1 amide bonds. The van der Waals surface area contributed by atoms with Crippen molar-refractivity contribution in [3.8, 4) is 0 Å². The fraction of sp³-hybridized carbons (Fsp3) is 0.818. The Morgan fingerprint density at radius 2 is 1.62 bits per heavy atom. The van der Waals surface area contributed by atoms with Crippen LogP contribution in [0.25, 0.3) is 0 Å². The van der Waals surface area contributed by atoms with Crippen LogP contribution in [0, 0.1) is 0 Å². The van der Waals surface area contributed by atoms with E-state index >= 15 is 0 Å². The molecule has 0 aliphatic carbocycles. The first-order valence-corrected chi connectivity index (χ1v) is 5.18. The summed E-state index contributed by atoms with van der Waals surface area (Å²) in [6.07, 6.45) is -0.0649. The van der Waals surface area contributed by atoms with Crippen LogP contribution in [-0.4, -0.2) is 35.2 Å². The van der Waals surface area contributed by atoms with E-state index in [0.29, 0.717) is 6.29 Å². The summed E-state index contributed by atoms with van der Waals surface area (Å²) < 4.78 is 5.10. The van der Waals surface area contributed by atoms with Gasteiger partial charge in [-0.3, -0.25) is 4.84 Å². The first kappa shape index (κ1) is 14.9. The van der Waals surface area contributed by atoms with Gasteiger partial charge in [0.15, 0.2) is 0 Å². The highest BCUT2D eigenvalue weighted by Crippen LogP contribution is 2.14. The standard InChI is InChI=1S/C11H21NO4/c1-10(2,3)15-9(14)12(7-8-13)16-11(4,5)6/h8H,7H2,1-6H3. The lowest BCUT2D eigenvalue weighted by Gasteiger charge is -2.30. The molecule has 0 rings (SSSR count). The van der Waals surface area contributed by atoms with E-state index in [4.69, 9.17) is 9.57 Å². The fourth-order valence-electron chi connectivity index (χ4n) is 0.860. The monoisotopic (exact) mass is 231 g/mol. The third kappa shape index (κ3) is 7.23. The molecule has 0 heterocycles. The smallest absolute Gasteiger partial charge is 0.434 e. The molecular formula is C11H21NO4. The first-order valence-electron chi connectivity index (χ1n) is 5.18. The molecule has 0 saturated carbocycles. The number of ether oxygens (including phenoxy) is 1. The number of nitrogens with zero attached hydrogens (tertiary/aromatic N) is 1. The molecule has 0 aromatic heterocycles. The Bertz CT molecular complexity index is 250. The molecule has 0 aromatic carbocycles. The predicted molar refractivity (Wildman–Crippen MR) is 59.8 cm³/mol. The Hall–Kier alpha value is -1.10. The number of hydrogen-bond donors (Lipinski definition) is 0. The predicted octanol–water partition coefficient (Wildman–Crippen LogP) is 2.15. The zero-order valence-electron chi connectivity index (χ0n) is 10.9. The number of rotatable bonds is 3. The summed E-state index contributed by atoms with van der Waals surface area (Å²) in [4.78, 5) is 27.4. The number of amides is 1. The summed E-state index contributed by atoms with van der Waals surface area (Å²) in [6, 6.07) is 0. The second kappa shape index (κ2) is 5.30. The summed E-state index contributed by atoms with van der Waals surface area (Å²) in [5.74, 6) is 0. The largest absolute Gasteiger partial charge is 0.442 e. The van der Waals surface area contributed by atoms with Gasteiger partial charge in [0.05, 0.1) is 5.60 Å². The fourth-order valence-corrected chi connectivity index (χ4v) is 0.860. The summed E-state index contributed by atoms with van der Waals surface area (Å²) in [6.45, 7) is 10.5. The van der Waals surface area contributed by atoms with Crippen molar-refractivity contribution in [1.82, 2.24) is 5.06 Å². The average molecular weight is 231 g/mol. The van der Waals surface area contributed by atoms with E-state index in [-0.39, 0.29) is 6.54 Å². The van der Waals surface area contributed by atoms with Crippen molar-refractivity contribution in [2.45, 2.75) is 52.7 Å². The Balaban J connectivity index is 4.53. The van der Waals surface area contributed by atoms with Crippen LogP contribution >= 0.6 is 0 Å². The van der Waals surface area contributed by atoms with Crippen molar-refractivity contribution in [2.24, 2.45) is 0 Å². The molecule has 0 N–H and O–H groups in total. The van der Waals surface area contributed by atoms with E-state index in [1.54, 1.807) is 41.5 Å². The van der Waals surface area contributed by atoms with Gasteiger partial charge < -0.3 is 9.53 Å². The van der Waals surface area contributed by atoms with E-state index in [1.807, 2.05) is 0 Å². The Morgan fingerprint density at radius 1 is 1.12 bits per heavy atom. The average Bonchev–Trinajstić information content (AvgIpc) is 1.97. The zero-order chi connectivity index (χ0) is 13.0. The summed E-state index contributed by atoms with van der Waals surface area (Å²) in [7, 11) is 0. The highest BCUT2D eigenvalue weighted by atomic mass is 16.7. The van der Waals surface area contributed by atoms with Gasteiger partial charge in [-0.2, -0.15) is 5.06 Å². The van der Waals surface area contributed by atoms with Crippen LogP contribution in [0.1, 0.15) is 41.5 Å². The van der Waals surface area contributed by atoms with Gasteiger partial charge in [0.1, 0.15) is 18.4 Å². The number of carbonyl (C=O) groups is 2. The van der Waals surface area contributed by atoms with Gasteiger partial charge in [0.25, 0.3) is 0 Å². The maximum absolute atomic E-state index is 11.6. The topological polar surface area (TPSA) is 55.8 Å². The molecule has 0 unspecified atom stereocenters. The molecule has 0 aliphatic rings. The number of hydroxylamine groups is 2. The van der Waals surface area contributed by atoms with Crippen molar-refractivity contribution in [3.63, 3.8) is 0 Å². The van der Waals surface area contributed by atoms with Crippen molar-refractivity contribution in [1.29, 1.82) is 0 Å². The lowest BCUT2D eigenvalue weighted by molar-refractivity contribution is -0.208. The molecule has 0 radical (unpaired) electrons. The maximum Gasteiger partial charge on any atom is 0.434 e.